The highest BCUT2D eigenvalue weighted by atomic mass is 16.5. The van der Waals surface area contributed by atoms with Gasteiger partial charge in [-0.05, 0) is 38.3 Å². The quantitative estimate of drug-likeness (QED) is 0.821. The molecule has 1 unspecified atom stereocenters. The average Bonchev–Trinajstić information content (AvgIpc) is 2.32. The van der Waals surface area contributed by atoms with Crippen LogP contribution < -0.4 is 10.1 Å². The van der Waals surface area contributed by atoms with E-state index in [9.17, 15) is 5.11 Å². The molecule has 2 N–H and O–H groups in total. The van der Waals surface area contributed by atoms with Crippen molar-refractivity contribution in [2.45, 2.75) is 31.9 Å². The zero-order valence-corrected chi connectivity index (χ0v) is 10.5. The third-order valence-corrected chi connectivity index (χ3v) is 3.53. The minimum atomic E-state index is -0.0663. The van der Waals surface area contributed by atoms with Crippen LogP contribution in [0.1, 0.15) is 31.4 Å². The van der Waals surface area contributed by atoms with Crippen molar-refractivity contribution in [3.05, 3.63) is 29.8 Å². The number of aliphatic hydroxyl groups is 1. The van der Waals surface area contributed by atoms with Crippen molar-refractivity contribution in [2.24, 2.45) is 5.92 Å². The van der Waals surface area contributed by atoms with E-state index in [1.807, 2.05) is 18.2 Å². The van der Waals surface area contributed by atoms with Crippen LogP contribution in [0.25, 0.3) is 0 Å². The number of aliphatic hydroxyl groups excluding tert-OH is 1. The van der Waals surface area contributed by atoms with Crippen molar-refractivity contribution < 1.29 is 9.84 Å². The Morgan fingerprint density at radius 3 is 2.76 bits per heavy atom. The summed E-state index contributed by atoms with van der Waals surface area (Å²) in [7, 11) is 1.70. The largest absolute Gasteiger partial charge is 0.496 e. The molecule has 0 spiro atoms. The molecule has 0 saturated heterocycles. The summed E-state index contributed by atoms with van der Waals surface area (Å²) >= 11 is 0. The Morgan fingerprint density at radius 2 is 2.12 bits per heavy atom. The number of hydrogen-bond acceptors (Lipinski definition) is 3. The number of nitrogens with one attached hydrogen (secondary N) is 1. The van der Waals surface area contributed by atoms with Gasteiger partial charge < -0.3 is 15.2 Å². The summed E-state index contributed by atoms with van der Waals surface area (Å²) in [6.45, 7) is 3.11. The molecule has 0 aromatic heterocycles. The van der Waals surface area contributed by atoms with Crippen molar-refractivity contribution in [1.29, 1.82) is 0 Å². The van der Waals surface area contributed by atoms with Gasteiger partial charge in [-0.1, -0.05) is 18.2 Å². The van der Waals surface area contributed by atoms with Crippen LogP contribution in [0.4, 0.5) is 0 Å². The molecule has 0 heterocycles. The van der Waals surface area contributed by atoms with E-state index in [1.54, 1.807) is 7.11 Å². The first-order valence-corrected chi connectivity index (χ1v) is 6.25. The molecule has 0 radical (unpaired) electrons. The first-order valence-electron chi connectivity index (χ1n) is 6.25. The summed E-state index contributed by atoms with van der Waals surface area (Å²) in [4.78, 5) is 0. The summed E-state index contributed by atoms with van der Waals surface area (Å²) in [5.41, 5.74) is 1.19. The lowest BCUT2D eigenvalue weighted by molar-refractivity contribution is 0.0420. The van der Waals surface area contributed by atoms with Gasteiger partial charge in [-0.15, -0.1) is 0 Å². The van der Waals surface area contributed by atoms with Gasteiger partial charge in [-0.3, -0.25) is 0 Å². The lowest BCUT2D eigenvalue weighted by atomic mass is 9.82. The second kappa shape index (κ2) is 5.52. The molecule has 1 aromatic rings. The Balaban J connectivity index is 1.88. The van der Waals surface area contributed by atoms with Crippen molar-refractivity contribution in [2.75, 3.05) is 13.7 Å². The van der Waals surface area contributed by atoms with Gasteiger partial charge in [-0.2, -0.15) is 0 Å². The van der Waals surface area contributed by atoms with Crippen molar-refractivity contribution in [1.82, 2.24) is 5.32 Å². The van der Waals surface area contributed by atoms with Crippen molar-refractivity contribution in [3.8, 4) is 5.75 Å². The maximum Gasteiger partial charge on any atom is 0.123 e. The topological polar surface area (TPSA) is 41.5 Å². The highest BCUT2D eigenvalue weighted by Crippen LogP contribution is 2.28. The van der Waals surface area contributed by atoms with Crippen LogP contribution >= 0.6 is 0 Å². The third-order valence-electron chi connectivity index (χ3n) is 3.53. The monoisotopic (exact) mass is 235 g/mol. The van der Waals surface area contributed by atoms with Gasteiger partial charge in [0.15, 0.2) is 0 Å². The standard InChI is InChI=1S/C14H21NO2/c1-10(15-9-11-7-12(16)8-11)13-5-3-4-6-14(13)17-2/h3-6,10-12,15-16H,7-9H2,1-2H3. The van der Waals surface area contributed by atoms with Crippen LogP contribution in [-0.4, -0.2) is 24.9 Å². The first kappa shape index (κ1) is 12.4. The molecule has 2 rings (SSSR count). The van der Waals surface area contributed by atoms with Gasteiger partial charge in [0.25, 0.3) is 0 Å². The van der Waals surface area contributed by atoms with E-state index in [1.165, 1.54) is 5.56 Å². The predicted molar refractivity (Wildman–Crippen MR) is 68.1 cm³/mol. The number of methoxy groups -OCH3 is 1. The van der Waals surface area contributed by atoms with Gasteiger partial charge in [0.05, 0.1) is 13.2 Å². The van der Waals surface area contributed by atoms with Crippen molar-refractivity contribution in [3.63, 3.8) is 0 Å². The van der Waals surface area contributed by atoms with E-state index in [2.05, 4.69) is 18.3 Å². The summed E-state index contributed by atoms with van der Waals surface area (Å²) in [6, 6.07) is 8.37. The number of ether oxygens (including phenoxy) is 1. The summed E-state index contributed by atoms with van der Waals surface area (Å²) in [5, 5.41) is 12.7. The second-order valence-corrected chi connectivity index (χ2v) is 4.86. The Morgan fingerprint density at radius 1 is 1.41 bits per heavy atom. The molecule has 1 saturated carbocycles. The van der Waals surface area contributed by atoms with Gasteiger partial charge in [0, 0.05) is 11.6 Å². The first-order chi connectivity index (χ1) is 8.20. The Kier molecular flexibility index (Phi) is 4.02. The Bertz CT molecular complexity index is 361. The fourth-order valence-electron chi connectivity index (χ4n) is 2.34. The molecule has 3 nitrogen and oxygen atoms in total. The number of benzene rings is 1. The van der Waals surface area contributed by atoms with E-state index in [-0.39, 0.29) is 12.1 Å². The number of rotatable bonds is 5. The zero-order valence-electron chi connectivity index (χ0n) is 10.5. The van der Waals surface area contributed by atoms with E-state index < -0.39 is 0 Å². The van der Waals surface area contributed by atoms with Gasteiger partial charge >= 0.3 is 0 Å². The average molecular weight is 235 g/mol. The Hall–Kier alpha value is -1.06. The second-order valence-electron chi connectivity index (χ2n) is 4.86. The molecule has 1 aliphatic carbocycles. The fraction of sp³-hybridized carbons (Fsp3) is 0.571. The number of para-hydroxylation sites is 1. The molecule has 0 amide bonds. The summed E-state index contributed by atoms with van der Waals surface area (Å²) in [6.07, 6.45) is 1.81. The summed E-state index contributed by atoms with van der Waals surface area (Å²) in [5.74, 6) is 1.56. The molecular formula is C14H21NO2. The van der Waals surface area contributed by atoms with Crippen LogP contribution in [0.15, 0.2) is 24.3 Å². The van der Waals surface area contributed by atoms with Gasteiger partial charge in [-0.25, -0.2) is 0 Å². The zero-order chi connectivity index (χ0) is 12.3. The maximum atomic E-state index is 9.23. The molecule has 94 valence electrons. The molecule has 0 bridgehead atoms. The molecule has 17 heavy (non-hydrogen) atoms. The van der Waals surface area contributed by atoms with Gasteiger partial charge in [0.2, 0.25) is 0 Å². The number of hydrogen-bond donors (Lipinski definition) is 2. The molecular weight excluding hydrogens is 214 g/mol. The molecule has 0 aliphatic heterocycles. The molecule has 1 atom stereocenters. The molecule has 1 aliphatic rings. The minimum Gasteiger partial charge on any atom is -0.496 e. The predicted octanol–water partition coefficient (Wildman–Crippen LogP) is 2.12. The third kappa shape index (κ3) is 2.99. The molecule has 3 heteroatoms. The maximum absolute atomic E-state index is 9.23. The van der Waals surface area contributed by atoms with E-state index >= 15 is 0 Å². The van der Waals surface area contributed by atoms with Crippen LogP contribution in [0, 0.1) is 5.92 Å². The minimum absolute atomic E-state index is 0.0663. The van der Waals surface area contributed by atoms with E-state index in [0.29, 0.717) is 5.92 Å². The van der Waals surface area contributed by atoms with Crippen LogP contribution in [0.2, 0.25) is 0 Å². The molecule has 1 aromatic carbocycles. The van der Waals surface area contributed by atoms with Crippen LogP contribution in [0.3, 0.4) is 0 Å². The van der Waals surface area contributed by atoms with Crippen LogP contribution in [0.5, 0.6) is 5.75 Å². The molecule has 1 fully saturated rings. The fourth-order valence-corrected chi connectivity index (χ4v) is 2.34. The highest BCUT2D eigenvalue weighted by molar-refractivity contribution is 5.35. The highest BCUT2D eigenvalue weighted by Gasteiger charge is 2.27. The SMILES string of the molecule is COc1ccccc1C(C)NCC1CC(O)C1. The van der Waals surface area contributed by atoms with E-state index in [4.69, 9.17) is 4.74 Å². The lowest BCUT2D eigenvalue weighted by Gasteiger charge is -2.32. The smallest absolute Gasteiger partial charge is 0.123 e. The Labute approximate surface area is 103 Å². The van der Waals surface area contributed by atoms with Crippen LogP contribution in [-0.2, 0) is 0 Å². The normalized spacial score (nSPS) is 25.1. The lowest BCUT2D eigenvalue weighted by Crippen LogP contribution is -2.37. The van der Waals surface area contributed by atoms with Gasteiger partial charge in [0.1, 0.15) is 5.75 Å². The summed E-state index contributed by atoms with van der Waals surface area (Å²) < 4.78 is 5.35. The van der Waals surface area contributed by atoms with Crippen molar-refractivity contribution >= 4 is 0 Å². The van der Waals surface area contributed by atoms with E-state index in [0.717, 1.165) is 25.1 Å².